The van der Waals surface area contributed by atoms with Gasteiger partial charge in [0.05, 0.1) is 11.9 Å². The first-order valence-corrected chi connectivity index (χ1v) is 14.3. The number of esters is 1. The van der Waals surface area contributed by atoms with Crippen molar-refractivity contribution in [1.82, 2.24) is 15.6 Å². The van der Waals surface area contributed by atoms with Crippen molar-refractivity contribution >= 4 is 45.6 Å². The summed E-state index contributed by atoms with van der Waals surface area (Å²) < 4.78 is 10.7. The van der Waals surface area contributed by atoms with E-state index in [9.17, 15) is 19.2 Å². The largest absolute Gasteiger partial charge is 0.464 e. The molecule has 2 amide bonds. The van der Waals surface area contributed by atoms with Crippen LogP contribution in [0.15, 0.2) is 30.5 Å². The van der Waals surface area contributed by atoms with E-state index in [2.05, 4.69) is 15.6 Å². The predicted octanol–water partition coefficient (Wildman–Crippen LogP) is 3.26. The molecule has 1 saturated carbocycles. The van der Waals surface area contributed by atoms with Gasteiger partial charge in [0.25, 0.3) is 0 Å². The lowest BCUT2D eigenvalue weighted by Crippen LogP contribution is -2.62. The van der Waals surface area contributed by atoms with Gasteiger partial charge >= 0.3 is 5.97 Å². The number of rotatable bonds is 10. The molecule has 206 valence electrons. The molecular weight excluding hydrogens is 506 g/mol. The zero-order valence-corrected chi connectivity index (χ0v) is 22.9. The SMILES string of the molecule is CCOC(=O)[C@H](Cc1c[nH]c2ccccc12)NC(=O)C1(NC(=O)[C@@H](SC(C)=O)C2CCOCC2)CCCC1. The third-order valence-corrected chi connectivity index (χ3v) is 8.66. The lowest BCUT2D eigenvalue weighted by Gasteiger charge is -2.34. The normalized spacial score (nSPS) is 19.0. The highest BCUT2D eigenvalue weighted by Gasteiger charge is 2.46. The molecule has 0 radical (unpaired) electrons. The number of para-hydroxylation sites is 1. The molecular formula is C28H37N3O6S. The fourth-order valence-electron chi connectivity index (χ4n) is 5.51. The first kappa shape index (κ1) is 28.2. The summed E-state index contributed by atoms with van der Waals surface area (Å²) in [7, 11) is 0. The number of aromatic amines is 1. The van der Waals surface area contributed by atoms with Crippen LogP contribution in [0.1, 0.15) is 57.9 Å². The van der Waals surface area contributed by atoms with E-state index in [1.165, 1.54) is 6.92 Å². The van der Waals surface area contributed by atoms with Crippen molar-refractivity contribution in [3.05, 3.63) is 36.0 Å². The molecule has 2 atom stereocenters. The second-order valence-corrected chi connectivity index (χ2v) is 11.4. The maximum absolute atomic E-state index is 13.8. The molecule has 0 spiro atoms. The molecule has 4 rings (SSSR count). The van der Waals surface area contributed by atoms with Gasteiger partial charge in [-0.05, 0) is 50.2 Å². The van der Waals surface area contributed by atoms with E-state index < -0.39 is 22.8 Å². The molecule has 10 heteroatoms. The van der Waals surface area contributed by atoms with E-state index in [4.69, 9.17) is 9.47 Å². The monoisotopic (exact) mass is 543 g/mol. The second kappa shape index (κ2) is 12.8. The Morgan fingerprint density at radius 1 is 1.16 bits per heavy atom. The van der Waals surface area contributed by atoms with Gasteiger partial charge in [0, 0.05) is 43.7 Å². The van der Waals surface area contributed by atoms with Crippen LogP contribution in [0.3, 0.4) is 0 Å². The zero-order chi connectivity index (χ0) is 27.1. The second-order valence-electron chi connectivity index (χ2n) is 10.1. The first-order valence-electron chi connectivity index (χ1n) is 13.4. The van der Waals surface area contributed by atoms with Gasteiger partial charge in [-0.15, -0.1) is 0 Å². The van der Waals surface area contributed by atoms with Crippen LogP contribution in [0.4, 0.5) is 0 Å². The van der Waals surface area contributed by atoms with E-state index in [1.54, 1.807) is 6.92 Å². The Kier molecular flexibility index (Phi) is 9.49. The summed E-state index contributed by atoms with van der Waals surface area (Å²) in [6.07, 6.45) is 5.97. The molecule has 2 aliphatic rings. The van der Waals surface area contributed by atoms with Gasteiger partial charge in [0.1, 0.15) is 11.6 Å². The number of carbonyl (C=O) groups is 4. The molecule has 0 bridgehead atoms. The molecule has 3 N–H and O–H groups in total. The highest BCUT2D eigenvalue weighted by atomic mass is 32.2. The van der Waals surface area contributed by atoms with E-state index in [1.807, 2.05) is 30.5 Å². The molecule has 1 aromatic heterocycles. The van der Waals surface area contributed by atoms with Gasteiger partial charge in [-0.25, -0.2) is 4.79 Å². The molecule has 2 aromatic rings. The minimum Gasteiger partial charge on any atom is -0.464 e. The van der Waals surface area contributed by atoms with Crippen molar-refractivity contribution < 1.29 is 28.7 Å². The average molecular weight is 544 g/mol. The molecule has 1 saturated heterocycles. The number of thioether (sulfide) groups is 1. The van der Waals surface area contributed by atoms with Gasteiger partial charge in [0.2, 0.25) is 11.8 Å². The average Bonchev–Trinajstić information content (AvgIpc) is 3.55. The molecule has 1 aromatic carbocycles. The van der Waals surface area contributed by atoms with Gasteiger partial charge in [-0.1, -0.05) is 42.8 Å². The van der Waals surface area contributed by atoms with E-state index >= 15 is 0 Å². The lowest BCUT2D eigenvalue weighted by molar-refractivity contribution is -0.148. The number of amides is 2. The molecule has 0 unspecified atom stereocenters. The van der Waals surface area contributed by atoms with E-state index in [0.29, 0.717) is 38.9 Å². The number of H-pyrrole nitrogens is 1. The van der Waals surface area contributed by atoms with Crippen molar-refractivity contribution in [3.63, 3.8) is 0 Å². The smallest absolute Gasteiger partial charge is 0.328 e. The summed E-state index contributed by atoms with van der Waals surface area (Å²) in [6, 6.07) is 6.86. The van der Waals surface area contributed by atoms with Crippen molar-refractivity contribution in [2.45, 2.75) is 75.6 Å². The lowest BCUT2D eigenvalue weighted by atomic mass is 9.92. The number of fused-ring (bicyclic) bond motifs is 1. The molecule has 2 heterocycles. The Labute approximate surface area is 227 Å². The number of hydrogen-bond acceptors (Lipinski definition) is 7. The summed E-state index contributed by atoms with van der Waals surface area (Å²) >= 11 is 1.02. The van der Waals surface area contributed by atoms with Gasteiger partial charge < -0.3 is 25.1 Å². The minimum atomic E-state index is -1.14. The molecule has 38 heavy (non-hydrogen) atoms. The quantitative estimate of drug-likeness (QED) is 0.393. The fraction of sp³-hybridized carbons (Fsp3) is 0.571. The Bertz CT molecular complexity index is 1150. The predicted molar refractivity (Wildman–Crippen MR) is 146 cm³/mol. The maximum atomic E-state index is 13.8. The highest BCUT2D eigenvalue weighted by Crippen LogP contribution is 2.34. The summed E-state index contributed by atoms with van der Waals surface area (Å²) in [5, 5.41) is 6.20. The minimum absolute atomic E-state index is 0.00619. The van der Waals surface area contributed by atoms with Crippen molar-refractivity contribution in [3.8, 4) is 0 Å². The van der Waals surface area contributed by atoms with Crippen LogP contribution >= 0.6 is 11.8 Å². The van der Waals surface area contributed by atoms with Crippen LogP contribution in [0, 0.1) is 5.92 Å². The number of hydrogen-bond donors (Lipinski definition) is 3. The Morgan fingerprint density at radius 3 is 2.55 bits per heavy atom. The van der Waals surface area contributed by atoms with Crippen molar-refractivity contribution in [2.75, 3.05) is 19.8 Å². The Balaban J connectivity index is 1.53. The summed E-state index contributed by atoms with van der Waals surface area (Å²) in [5.41, 5.74) is 0.696. The van der Waals surface area contributed by atoms with Crippen LogP contribution in [-0.2, 0) is 35.1 Å². The number of ether oxygens (including phenoxy) is 2. The third-order valence-electron chi connectivity index (χ3n) is 7.48. The van der Waals surface area contributed by atoms with Gasteiger partial charge in [-0.3, -0.25) is 14.4 Å². The Hall–Kier alpha value is -2.85. The van der Waals surface area contributed by atoms with Crippen molar-refractivity contribution in [1.29, 1.82) is 0 Å². The first-order chi connectivity index (χ1) is 18.3. The highest BCUT2D eigenvalue weighted by molar-refractivity contribution is 8.14. The summed E-state index contributed by atoms with van der Waals surface area (Å²) in [5.74, 6) is -1.22. The van der Waals surface area contributed by atoms with E-state index in [0.717, 1.165) is 41.1 Å². The van der Waals surface area contributed by atoms with Gasteiger partial charge in [-0.2, -0.15) is 0 Å². The van der Waals surface area contributed by atoms with Crippen LogP contribution < -0.4 is 10.6 Å². The topological polar surface area (TPSA) is 127 Å². The standard InChI is InChI=1S/C28H37N3O6S/c1-3-37-26(34)23(16-20-17-29-22-9-5-4-8-21(20)22)30-27(35)28(12-6-7-13-28)31-25(33)24(38-18(2)32)19-10-14-36-15-11-19/h4-5,8-9,17,19,23-24,29H,3,6-7,10-16H2,1-2H3,(H,30,35)(H,31,33)/t23-,24-/m0/s1. The number of carbonyl (C=O) groups excluding carboxylic acids is 4. The summed E-state index contributed by atoms with van der Waals surface area (Å²) in [4.78, 5) is 55.5. The molecule has 1 aliphatic heterocycles. The maximum Gasteiger partial charge on any atom is 0.328 e. The third kappa shape index (κ3) is 6.58. The molecule has 1 aliphatic carbocycles. The van der Waals surface area contributed by atoms with Crippen LogP contribution in [0.25, 0.3) is 10.9 Å². The fourth-order valence-corrected chi connectivity index (χ4v) is 6.50. The summed E-state index contributed by atoms with van der Waals surface area (Å²) in [6.45, 7) is 4.47. The number of nitrogens with one attached hydrogen (secondary N) is 3. The van der Waals surface area contributed by atoms with Crippen LogP contribution in [0.2, 0.25) is 0 Å². The van der Waals surface area contributed by atoms with Crippen LogP contribution in [-0.4, -0.2) is 64.5 Å². The number of aromatic nitrogens is 1. The number of benzene rings is 1. The zero-order valence-electron chi connectivity index (χ0n) is 22.0. The van der Waals surface area contributed by atoms with E-state index in [-0.39, 0.29) is 35.9 Å². The molecule has 2 fully saturated rings. The van der Waals surface area contributed by atoms with Crippen LogP contribution in [0.5, 0.6) is 0 Å². The van der Waals surface area contributed by atoms with Gasteiger partial charge in [0.15, 0.2) is 5.12 Å². The molecule has 9 nitrogen and oxygen atoms in total. The van der Waals surface area contributed by atoms with Crippen molar-refractivity contribution in [2.24, 2.45) is 5.92 Å². The Morgan fingerprint density at radius 2 is 1.87 bits per heavy atom.